The van der Waals surface area contributed by atoms with Crippen molar-refractivity contribution in [3.63, 3.8) is 0 Å². The fourth-order valence-corrected chi connectivity index (χ4v) is 3.93. The quantitative estimate of drug-likeness (QED) is 0.218. The van der Waals surface area contributed by atoms with Gasteiger partial charge in [0.05, 0.1) is 29.9 Å². The number of hydrogen-bond donors (Lipinski definition) is 4. The van der Waals surface area contributed by atoms with Gasteiger partial charge in [-0.2, -0.15) is 0 Å². The molecule has 0 atom stereocenters. The van der Waals surface area contributed by atoms with Gasteiger partial charge in [-0.15, -0.1) is 0 Å². The monoisotopic (exact) mass is 487 g/mol. The van der Waals surface area contributed by atoms with Crippen LogP contribution in [0.1, 0.15) is 19.8 Å². The van der Waals surface area contributed by atoms with E-state index in [1.807, 2.05) is 63.6 Å². The SMILES string of the molecule is CCC(=O)Nc1cc(Nc2nccc(-c3c[nH]c4ccccc34)n2)c(OC)cc1NCCCN(C)C. The maximum atomic E-state index is 12.2. The lowest BCUT2D eigenvalue weighted by Gasteiger charge is -2.18. The van der Waals surface area contributed by atoms with Crippen LogP contribution < -0.4 is 20.7 Å². The van der Waals surface area contributed by atoms with Gasteiger partial charge in [-0.3, -0.25) is 4.79 Å². The number of para-hydroxylation sites is 1. The van der Waals surface area contributed by atoms with E-state index in [4.69, 9.17) is 9.72 Å². The Hall–Kier alpha value is -4.11. The minimum absolute atomic E-state index is 0.0694. The van der Waals surface area contributed by atoms with Gasteiger partial charge in [0.2, 0.25) is 11.9 Å². The summed E-state index contributed by atoms with van der Waals surface area (Å²) in [7, 11) is 5.71. The minimum Gasteiger partial charge on any atom is -0.494 e. The molecule has 1 amide bonds. The first-order chi connectivity index (χ1) is 17.5. The molecule has 0 unspecified atom stereocenters. The molecule has 0 radical (unpaired) electrons. The Kier molecular flexibility index (Phi) is 8.02. The first-order valence-corrected chi connectivity index (χ1v) is 12.1. The molecule has 0 spiro atoms. The molecule has 2 aromatic heterocycles. The lowest BCUT2D eigenvalue weighted by atomic mass is 10.1. The molecule has 0 saturated carbocycles. The first kappa shape index (κ1) is 25.0. The number of amides is 1. The van der Waals surface area contributed by atoms with Crippen LogP contribution in [0.2, 0.25) is 0 Å². The summed E-state index contributed by atoms with van der Waals surface area (Å²) in [6, 6.07) is 13.7. The molecule has 2 heterocycles. The first-order valence-electron chi connectivity index (χ1n) is 12.1. The lowest BCUT2D eigenvalue weighted by molar-refractivity contribution is -0.115. The number of nitrogens with one attached hydrogen (secondary N) is 4. The summed E-state index contributed by atoms with van der Waals surface area (Å²) in [6.07, 6.45) is 5.02. The number of nitrogens with zero attached hydrogens (tertiary/aromatic N) is 3. The third kappa shape index (κ3) is 5.92. The van der Waals surface area contributed by atoms with Gasteiger partial charge in [0, 0.05) is 47.9 Å². The highest BCUT2D eigenvalue weighted by Crippen LogP contribution is 2.37. The molecule has 0 fully saturated rings. The zero-order valence-corrected chi connectivity index (χ0v) is 21.2. The van der Waals surface area contributed by atoms with Crippen LogP contribution in [0, 0.1) is 0 Å². The van der Waals surface area contributed by atoms with Crippen molar-refractivity contribution in [1.29, 1.82) is 0 Å². The summed E-state index contributed by atoms with van der Waals surface area (Å²) in [4.78, 5) is 26.8. The van der Waals surface area contributed by atoms with Crippen molar-refractivity contribution in [3.05, 3.63) is 54.9 Å². The highest BCUT2D eigenvalue weighted by Gasteiger charge is 2.15. The molecule has 9 nitrogen and oxygen atoms in total. The predicted octanol–water partition coefficient (Wildman–Crippen LogP) is 5.09. The van der Waals surface area contributed by atoms with Crippen LogP contribution in [0.25, 0.3) is 22.2 Å². The standard InChI is InChI=1S/C27H33N7O2/c1-5-26(35)31-23-15-24(25(36-4)16-22(23)28-12-8-14-34(2)3)33-27-29-13-11-21(32-27)19-17-30-20-10-7-6-9-18(19)20/h6-7,9-11,13,15-17,28,30H,5,8,12,14H2,1-4H3,(H,31,35)(H,29,32,33). The van der Waals surface area contributed by atoms with Crippen molar-refractivity contribution in [3.8, 4) is 17.0 Å². The average Bonchev–Trinajstić information content (AvgIpc) is 3.32. The van der Waals surface area contributed by atoms with E-state index < -0.39 is 0 Å². The molecule has 36 heavy (non-hydrogen) atoms. The second kappa shape index (κ2) is 11.5. The zero-order chi connectivity index (χ0) is 25.5. The average molecular weight is 488 g/mol. The molecule has 0 aliphatic heterocycles. The molecule has 2 aromatic carbocycles. The Bertz CT molecular complexity index is 1330. The fourth-order valence-electron chi connectivity index (χ4n) is 3.93. The van der Waals surface area contributed by atoms with E-state index >= 15 is 0 Å². The number of methoxy groups -OCH3 is 1. The Labute approximate surface area is 211 Å². The van der Waals surface area contributed by atoms with Crippen LogP contribution >= 0.6 is 0 Å². The van der Waals surface area contributed by atoms with Gasteiger partial charge in [-0.25, -0.2) is 9.97 Å². The number of H-pyrrole nitrogens is 1. The van der Waals surface area contributed by atoms with Crippen molar-refractivity contribution in [2.24, 2.45) is 0 Å². The number of aromatic amines is 1. The van der Waals surface area contributed by atoms with E-state index in [9.17, 15) is 4.79 Å². The summed E-state index contributed by atoms with van der Waals surface area (Å²) in [5.74, 6) is 0.969. The van der Waals surface area contributed by atoms with E-state index in [1.54, 1.807) is 13.3 Å². The fraction of sp³-hybridized carbons (Fsp3) is 0.296. The number of benzene rings is 2. The van der Waals surface area contributed by atoms with Gasteiger partial charge in [0.15, 0.2) is 0 Å². The van der Waals surface area contributed by atoms with E-state index in [2.05, 4.69) is 36.9 Å². The third-order valence-electron chi connectivity index (χ3n) is 5.80. The van der Waals surface area contributed by atoms with Crippen molar-refractivity contribution < 1.29 is 9.53 Å². The molecule has 188 valence electrons. The molecule has 0 aliphatic rings. The van der Waals surface area contributed by atoms with Crippen LogP contribution in [0.3, 0.4) is 0 Å². The number of carbonyl (C=O) groups is 1. The molecule has 4 aromatic rings. The third-order valence-corrected chi connectivity index (χ3v) is 5.80. The van der Waals surface area contributed by atoms with Gasteiger partial charge in [0.1, 0.15) is 5.75 Å². The number of aromatic nitrogens is 3. The van der Waals surface area contributed by atoms with Crippen molar-refractivity contribution in [2.45, 2.75) is 19.8 Å². The van der Waals surface area contributed by atoms with E-state index in [0.717, 1.165) is 47.4 Å². The van der Waals surface area contributed by atoms with Crippen LogP contribution in [0.5, 0.6) is 5.75 Å². The summed E-state index contributed by atoms with van der Waals surface area (Å²) in [6.45, 7) is 3.55. The summed E-state index contributed by atoms with van der Waals surface area (Å²) >= 11 is 0. The van der Waals surface area contributed by atoms with Crippen molar-refractivity contribution in [2.75, 3.05) is 50.2 Å². The number of hydrogen-bond acceptors (Lipinski definition) is 7. The largest absolute Gasteiger partial charge is 0.494 e. The smallest absolute Gasteiger partial charge is 0.227 e. The Morgan fingerprint density at radius 2 is 1.94 bits per heavy atom. The number of fused-ring (bicyclic) bond motifs is 1. The predicted molar refractivity (Wildman–Crippen MR) is 146 cm³/mol. The maximum absolute atomic E-state index is 12.2. The van der Waals surface area contributed by atoms with E-state index in [1.165, 1.54) is 0 Å². The molecule has 9 heteroatoms. The Morgan fingerprint density at radius 3 is 2.72 bits per heavy atom. The Morgan fingerprint density at radius 1 is 1.11 bits per heavy atom. The molecule has 0 bridgehead atoms. The normalized spacial score (nSPS) is 11.0. The molecular weight excluding hydrogens is 454 g/mol. The Balaban J connectivity index is 1.62. The van der Waals surface area contributed by atoms with Crippen LogP contribution in [0.15, 0.2) is 54.9 Å². The second-order valence-corrected chi connectivity index (χ2v) is 8.72. The zero-order valence-electron chi connectivity index (χ0n) is 21.2. The van der Waals surface area contributed by atoms with Gasteiger partial charge in [0.25, 0.3) is 0 Å². The maximum Gasteiger partial charge on any atom is 0.227 e. The highest BCUT2D eigenvalue weighted by atomic mass is 16.5. The van der Waals surface area contributed by atoms with Gasteiger partial charge in [-0.1, -0.05) is 25.1 Å². The van der Waals surface area contributed by atoms with E-state index in [0.29, 0.717) is 29.5 Å². The molecule has 4 rings (SSSR count). The van der Waals surface area contributed by atoms with Gasteiger partial charge < -0.3 is 30.6 Å². The number of ether oxygens (including phenoxy) is 1. The summed E-state index contributed by atoms with van der Waals surface area (Å²) < 4.78 is 5.67. The topological polar surface area (TPSA) is 107 Å². The van der Waals surface area contributed by atoms with Crippen LogP contribution in [-0.4, -0.2) is 60.1 Å². The summed E-state index contributed by atoms with van der Waals surface area (Å²) in [5.41, 5.74) is 4.96. The van der Waals surface area contributed by atoms with Gasteiger partial charge >= 0.3 is 0 Å². The lowest BCUT2D eigenvalue weighted by Crippen LogP contribution is -2.17. The molecule has 0 aliphatic carbocycles. The minimum atomic E-state index is -0.0694. The van der Waals surface area contributed by atoms with Crippen LogP contribution in [-0.2, 0) is 4.79 Å². The van der Waals surface area contributed by atoms with E-state index in [-0.39, 0.29) is 5.91 Å². The number of rotatable bonds is 11. The molecule has 4 N–H and O–H groups in total. The molecule has 0 saturated heterocycles. The van der Waals surface area contributed by atoms with Crippen molar-refractivity contribution in [1.82, 2.24) is 19.9 Å². The van der Waals surface area contributed by atoms with Gasteiger partial charge in [-0.05, 0) is 45.3 Å². The number of carbonyl (C=O) groups excluding carboxylic acids is 1. The number of anilines is 4. The second-order valence-electron chi connectivity index (χ2n) is 8.72. The van der Waals surface area contributed by atoms with Crippen molar-refractivity contribution >= 4 is 39.8 Å². The molecular formula is C27H33N7O2. The summed E-state index contributed by atoms with van der Waals surface area (Å²) in [5, 5.41) is 10.8. The highest BCUT2D eigenvalue weighted by molar-refractivity contribution is 5.96. The van der Waals surface area contributed by atoms with Crippen LogP contribution in [0.4, 0.5) is 23.0 Å².